The maximum atomic E-state index is 14.6. The molecule has 0 bridgehead atoms. The maximum absolute atomic E-state index is 14.6. The Morgan fingerprint density at radius 2 is 1.49 bits per heavy atom. The summed E-state index contributed by atoms with van der Waals surface area (Å²) in [6, 6.07) is 28.5. The molecule has 0 aliphatic heterocycles. The maximum Gasteiger partial charge on any atom is 0.264 e. The second kappa shape index (κ2) is 16.5. The lowest BCUT2D eigenvalue weighted by Crippen LogP contribution is -2.54. The molecule has 248 valence electrons. The van der Waals surface area contributed by atoms with Crippen molar-refractivity contribution in [2.24, 2.45) is 0 Å². The molecule has 4 aromatic rings. The molecule has 2 amide bonds. The number of sulfonamides is 1. The van der Waals surface area contributed by atoms with Crippen LogP contribution in [0.25, 0.3) is 0 Å². The minimum Gasteiger partial charge on any atom is -0.494 e. The van der Waals surface area contributed by atoms with Crippen molar-refractivity contribution in [2.45, 2.75) is 64.1 Å². The van der Waals surface area contributed by atoms with E-state index >= 15 is 0 Å². The van der Waals surface area contributed by atoms with Crippen molar-refractivity contribution in [1.82, 2.24) is 10.2 Å². The molecule has 4 aromatic carbocycles. The largest absolute Gasteiger partial charge is 0.494 e. The van der Waals surface area contributed by atoms with Gasteiger partial charge in [-0.2, -0.15) is 0 Å². The fourth-order valence-electron chi connectivity index (χ4n) is 5.02. The Morgan fingerprint density at radius 3 is 2.09 bits per heavy atom. The van der Waals surface area contributed by atoms with Crippen molar-refractivity contribution in [2.75, 3.05) is 17.5 Å². The number of amides is 2. The van der Waals surface area contributed by atoms with Gasteiger partial charge in [-0.25, -0.2) is 8.42 Å². The molecule has 0 aromatic heterocycles. The Morgan fingerprint density at radius 1 is 0.851 bits per heavy atom. The van der Waals surface area contributed by atoms with Gasteiger partial charge in [0.1, 0.15) is 18.3 Å². The van der Waals surface area contributed by atoms with E-state index in [1.165, 1.54) is 17.0 Å². The molecular formula is C37H42ClN3O5S. The van der Waals surface area contributed by atoms with Gasteiger partial charge < -0.3 is 15.0 Å². The Balaban J connectivity index is 1.79. The molecule has 0 heterocycles. The fourth-order valence-corrected chi connectivity index (χ4v) is 6.56. The number of hydrogen-bond acceptors (Lipinski definition) is 5. The first kappa shape index (κ1) is 35.5. The Labute approximate surface area is 283 Å². The third-order valence-corrected chi connectivity index (χ3v) is 9.90. The zero-order valence-corrected chi connectivity index (χ0v) is 28.8. The van der Waals surface area contributed by atoms with E-state index in [9.17, 15) is 18.0 Å². The Hall–Kier alpha value is -4.34. The number of aryl methyl sites for hydroxylation is 1. The first-order valence-electron chi connectivity index (χ1n) is 15.7. The highest BCUT2D eigenvalue weighted by Crippen LogP contribution is 2.27. The van der Waals surface area contributed by atoms with Crippen LogP contribution in [0.5, 0.6) is 5.75 Å². The summed E-state index contributed by atoms with van der Waals surface area (Å²) in [6.07, 6.45) is 0.940. The van der Waals surface area contributed by atoms with Gasteiger partial charge in [0.15, 0.2) is 0 Å². The summed E-state index contributed by atoms with van der Waals surface area (Å²) in [4.78, 5) is 30.0. The van der Waals surface area contributed by atoms with Crippen LogP contribution >= 0.6 is 11.6 Å². The molecule has 0 aliphatic rings. The summed E-state index contributed by atoms with van der Waals surface area (Å²) in [5.41, 5.74) is 2.87. The second-order valence-corrected chi connectivity index (χ2v) is 13.7. The van der Waals surface area contributed by atoms with Gasteiger partial charge in [0.2, 0.25) is 11.8 Å². The molecule has 0 saturated carbocycles. The van der Waals surface area contributed by atoms with Gasteiger partial charge in [0, 0.05) is 24.0 Å². The molecule has 1 N–H and O–H groups in total. The van der Waals surface area contributed by atoms with Gasteiger partial charge in [-0.15, -0.1) is 0 Å². The van der Waals surface area contributed by atoms with Gasteiger partial charge in [0.25, 0.3) is 10.0 Å². The standard InChI is InChI=1S/C37H42ClN3O5S/c1-5-28(4)39-37(43)35(24-29-10-8-7-9-11-29)40(25-30-14-16-31(38)17-15-30)36(42)26-41(32-18-12-27(3)13-19-32)47(44,45)34-22-20-33(21-23-34)46-6-2/h7-23,28,35H,5-6,24-26H2,1-4H3,(H,39,43)/t28-,35-/m1/s1. The van der Waals surface area contributed by atoms with E-state index in [1.807, 2.05) is 58.0 Å². The van der Waals surface area contributed by atoms with Crippen LogP contribution in [-0.2, 0) is 32.6 Å². The molecule has 0 radical (unpaired) electrons. The molecule has 2 atom stereocenters. The summed E-state index contributed by atoms with van der Waals surface area (Å²) in [6.45, 7) is 7.59. The van der Waals surface area contributed by atoms with E-state index in [0.29, 0.717) is 29.5 Å². The number of anilines is 1. The zero-order valence-electron chi connectivity index (χ0n) is 27.2. The van der Waals surface area contributed by atoms with E-state index in [-0.39, 0.29) is 29.8 Å². The zero-order chi connectivity index (χ0) is 34.0. The minimum atomic E-state index is -4.22. The van der Waals surface area contributed by atoms with E-state index in [1.54, 1.807) is 60.7 Å². The molecule has 10 heteroatoms. The lowest BCUT2D eigenvalue weighted by Gasteiger charge is -2.34. The van der Waals surface area contributed by atoms with Crippen LogP contribution in [0.2, 0.25) is 5.02 Å². The number of nitrogens with zero attached hydrogens (tertiary/aromatic N) is 2. The number of benzene rings is 4. The van der Waals surface area contributed by atoms with Crippen LogP contribution in [0.1, 0.15) is 43.9 Å². The summed E-state index contributed by atoms with van der Waals surface area (Å²) in [5.74, 6) is -0.313. The number of carbonyl (C=O) groups excluding carboxylic acids is 2. The molecule has 0 unspecified atom stereocenters. The predicted molar refractivity (Wildman–Crippen MR) is 187 cm³/mol. The molecule has 8 nitrogen and oxygen atoms in total. The van der Waals surface area contributed by atoms with Crippen molar-refractivity contribution in [1.29, 1.82) is 0 Å². The normalized spacial score (nSPS) is 12.5. The van der Waals surface area contributed by atoms with Crippen molar-refractivity contribution in [3.63, 3.8) is 0 Å². The predicted octanol–water partition coefficient (Wildman–Crippen LogP) is 6.80. The van der Waals surface area contributed by atoms with E-state index in [2.05, 4.69) is 5.32 Å². The number of halogens is 1. The second-order valence-electron chi connectivity index (χ2n) is 11.4. The van der Waals surface area contributed by atoms with Crippen LogP contribution in [0.15, 0.2) is 108 Å². The van der Waals surface area contributed by atoms with Crippen LogP contribution in [0.3, 0.4) is 0 Å². The third kappa shape index (κ3) is 9.59. The average Bonchev–Trinajstić information content (AvgIpc) is 3.07. The van der Waals surface area contributed by atoms with E-state index in [4.69, 9.17) is 16.3 Å². The Kier molecular flexibility index (Phi) is 12.4. The summed E-state index contributed by atoms with van der Waals surface area (Å²) in [7, 11) is -4.22. The van der Waals surface area contributed by atoms with Crippen LogP contribution in [0.4, 0.5) is 5.69 Å². The van der Waals surface area contributed by atoms with Crippen LogP contribution in [-0.4, -0.2) is 50.4 Å². The number of carbonyl (C=O) groups is 2. The highest BCUT2D eigenvalue weighted by atomic mass is 35.5. The van der Waals surface area contributed by atoms with Gasteiger partial charge >= 0.3 is 0 Å². The van der Waals surface area contributed by atoms with Crippen molar-refractivity contribution >= 4 is 39.1 Å². The average molecular weight is 676 g/mol. The van der Waals surface area contributed by atoms with Crippen molar-refractivity contribution in [3.05, 3.63) is 125 Å². The van der Waals surface area contributed by atoms with Crippen molar-refractivity contribution < 1.29 is 22.7 Å². The molecule has 47 heavy (non-hydrogen) atoms. The first-order chi connectivity index (χ1) is 22.5. The molecular weight excluding hydrogens is 634 g/mol. The lowest BCUT2D eigenvalue weighted by atomic mass is 10.0. The number of rotatable bonds is 15. The number of nitrogens with one attached hydrogen (secondary N) is 1. The molecule has 0 saturated heterocycles. The summed E-state index contributed by atoms with van der Waals surface area (Å²) >= 11 is 6.16. The first-order valence-corrected chi connectivity index (χ1v) is 17.5. The smallest absolute Gasteiger partial charge is 0.264 e. The van der Waals surface area contributed by atoms with E-state index in [0.717, 1.165) is 21.0 Å². The SMILES string of the molecule is CCOc1ccc(S(=O)(=O)N(CC(=O)N(Cc2ccc(Cl)cc2)[C@H](Cc2ccccc2)C(=O)N[C@H](C)CC)c2ccc(C)cc2)cc1. The number of hydrogen-bond donors (Lipinski definition) is 1. The van der Waals surface area contributed by atoms with E-state index < -0.39 is 28.5 Å². The third-order valence-electron chi connectivity index (χ3n) is 7.86. The number of ether oxygens (including phenoxy) is 1. The lowest BCUT2D eigenvalue weighted by molar-refractivity contribution is -0.140. The van der Waals surface area contributed by atoms with Gasteiger partial charge in [-0.3, -0.25) is 13.9 Å². The van der Waals surface area contributed by atoms with Gasteiger partial charge in [-0.1, -0.05) is 78.7 Å². The van der Waals surface area contributed by atoms with Gasteiger partial charge in [-0.05, 0) is 86.8 Å². The monoisotopic (exact) mass is 675 g/mol. The minimum absolute atomic E-state index is 0.00827. The molecule has 0 spiro atoms. The van der Waals surface area contributed by atoms with Crippen molar-refractivity contribution in [3.8, 4) is 5.75 Å². The van der Waals surface area contributed by atoms with Gasteiger partial charge in [0.05, 0.1) is 17.2 Å². The highest BCUT2D eigenvalue weighted by molar-refractivity contribution is 7.92. The van der Waals surface area contributed by atoms with Crippen LogP contribution < -0.4 is 14.4 Å². The van der Waals surface area contributed by atoms with Crippen LogP contribution in [0, 0.1) is 6.92 Å². The fraction of sp³-hybridized carbons (Fsp3) is 0.297. The molecule has 0 aliphatic carbocycles. The highest BCUT2D eigenvalue weighted by Gasteiger charge is 2.35. The molecule has 0 fully saturated rings. The topological polar surface area (TPSA) is 96.0 Å². The quantitative estimate of drug-likeness (QED) is 0.150. The summed E-state index contributed by atoms with van der Waals surface area (Å²) < 4.78 is 35.1. The Bertz CT molecular complexity index is 1720. The molecule has 4 rings (SSSR count). The summed E-state index contributed by atoms with van der Waals surface area (Å²) in [5, 5.41) is 3.58.